The summed E-state index contributed by atoms with van der Waals surface area (Å²) in [7, 11) is 4.67. The van der Waals surface area contributed by atoms with E-state index in [1.54, 1.807) is 49.6 Å². The third-order valence-electron chi connectivity index (χ3n) is 6.99. The van der Waals surface area contributed by atoms with Crippen LogP contribution in [0.3, 0.4) is 0 Å². The molecular weight excluding hydrogens is 564 g/mol. The highest BCUT2D eigenvalue weighted by molar-refractivity contribution is 9.10. The van der Waals surface area contributed by atoms with Crippen molar-refractivity contribution in [3.05, 3.63) is 93.6 Å². The van der Waals surface area contributed by atoms with Crippen LogP contribution in [0.15, 0.2) is 76.9 Å². The molecule has 0 aliphatic carbocycles. The van der Waals surface area contributed by atoms with Gasteiger partial charge >= 0.3 is 0 Å². The Kier molecular flexibility index (Phi) is 7.34. The van der Waals surface area contributed by atoms with Crippen molar-refractivity contribution in [1.29, 1.82) is 0 Å². The third-order valence-corrected chi connectivity index (χ3v) is 7.51. The summed E-state index contributed by atoms with van der Waals surface area (Å²) >= 11 is 3.39. The Morgan fingerprint density at radius 2 is 1.64 bits per heavy atom. The molecule has 4 aromatic rings. The molecule has 1 aromatic heterocycles. The first-order valence-corrected chi connectivity index (χ1v) is 13.1. The van der Waals surface area contributed by atoms with Crippen molar-refractivity contribution in [2.75, 3.05) is 27.9 Å². The van der Waals surface area contributed by atoms with Gasteiger partial charge in [-0.1, -0.05) is 28.1 Å². The van der Waals surface area contributed by atoms with E-state index in [0.29, 0.717) is 29.0 Å². The van der Waals surface area contributed by atoms with Crippen molar-refractivity contribution in [2.45, 2.75) is 12.5 Å². The Bertz CT molecular complexity index is 1590. The molecule has 0 unspecified atom stereocenters. The minimum Gasteiger partial charge on any atom is -0.507 e. The zero-order valence-corrected chi connectivity index (χ0v) is 23.2. The Morgan fingerprint density at radius 1 is 0.949 bits per heavy atom. The highest BCUT2D eigenvalue weighted by Gasteiger charge is 2.47. The molecule has 3 aromatic carbocycles. The predicted octanol–water partition coefficient (Wildman–Crippen LogP) is 5.62. The van der Waals surface area contributed by atoms with Gasteiger partial charge in [-0.2, -0.15) is 0 Å². The molecule has 0 radical (unpaired) electrons. The van der Waals surface area contributed by atoms with Crippen molar-refractivity contribution >= 4 is 44.3 Å². The van der Waals surface area contributed by atoms with Crippen LogP contribution in [0.2, 0.25) is 0 Å². The lowest BCUT2D eigenvalue weighted by Gasteiger charge is -2.27. The van der Waals surface area contributed by atoms with Crippen molar-refractivity contribution in [1.82, 2.24) is 9.88 Å². The Morgan fingerprint density at radius 3 is 2.33 bits per heavy atom. The number of aliphatic hydroxyl groups excluding tert-OH is 1. The standard InChI is InChI=1S/C30H27BrN2O6/c1-37-20-8-10-24-22(14-20)18(16-32-24)12-13-33-27(23-15-21(38-2)9-11-25(23)39-3)26(29(35)30(33)36)28(34)17-4-6-19(31)7-5-17/h4-11,14-16,27,32,34H,12-13H2,1-3H3/t27-/m0/s1. The van der Waals surface area contributed by atoms with E-state index in [2.05, 4.69) is 20.9 Å². The van der Waals surface area contributed by atoms with Crippen molar-refractivity contribution in [3.8, 4) is 17.2 Å². The number of hydrogen-bond donors (Lipinski definition) is 2. The van der Waals surface area contributed by atoms with Crippen molar-refractivity contribution in [3.63, 3.8) is 0 Å². The maximum Gasteiger partial charge on any atom is 0.295 e. The van der Waals surface area contributed by atoms with Gasteiger partial charge in [-0.05, 0) is 60.5 Å². The van der Waals surface area contributed by atoms with Gasteiger partial charge in [0.1, 0.15) is 23.0 Å². The highest BCUT2D eigenvalue weighted by atomic mass is 79.9. The van der Waals surface area contributed by atoms with Crippen molar-refractivity contribution < 1.29 is 28.9 Å². The van der Waals surface area contributed by atoms with Crippen LogP contribution < -0.4 is 14.2 Å². The first-order chi connectivity index (χ1) is 18.9. The van der Waals surface area contributed by atoms with E-state index < -0.39 is 17.7 Å². The van der Waals surface area contributed by atoms with Crippen LogP contribution >= 0.6 is 15.9 Å². The summed E-state index contributed by atoms with van der Waals surface area (Å²) in [6.45, 7) is 0.219. The number of nitrogens with zero attached hydrogens (tertiary/aromatic N) is 1. The number of aliphatic hydroxyl groups is 1. The summed E-state index contributed by atoms with van der Waals surface area (Å²) in [4.78, 5) is 31.7. The monoisotopic (exact) mass is 590 g/mol. The van der Waals surface area contributed by atoms with Gasteiger partial charge in [-0.25, -0.2) is 0 Å². The van der Waals surface area contributed by atoms with Crippen LogP contribution in [0.4, 0.5) is 0 Å². The molecule has 1 aliphatic rings. The zero-order chi connectivity index (χ0) is 27.7. The Balaban J connectivity index is 1.61. The maximum absolute atomic E-state index is 13.5. The number of nitrogens with one attached hydrogen (secondary N) is 1. The number of hydrogen-bond acceptors (Lipinski definition) is 6. The topological polar surface area (TPSA) is 101 Å². The number of amides is 1. The lowest BCUT2D eigenvalue weighted by Crippen LogP contribution is -2.31. The van der Waals surface area contributed by atoms with E-state index in [1.165, 1.54) is 19.1 Å². The highest BCUT2D eigenvalue weighted by Crippen LogP contribution is 2.44. The number of halogens is 1. The number of aromatic amines is 1. The van der Waals surface area contributed by atoms with Crippen LogP contribution in [0.25, 0.3) is 16.7 Å². The summed E-state index contributed by atoms with van der Waals surface area (Å²) in [6, 6.07) is 16.9. The number of ketones is 1. The van der Waals surface area contributed by atoms with Gasteiger partial charge in [0, 0.05) is 39.2 Å². The Hall–Kier alpha value is -4.24. The first-order valence-electron chi connectivity index (χ1n) is 12.3. The van der Waals surface area contributed by atoms with Crippen LogP contribution in [-0.2, 0) is 16.0 Å². The van der Waals surface area contributed by atoms with E-state index in [0.717, 1.165) is 26.7 Å². The molecule has 200 valence electrons. The van der Waals surface area contributed by atoms with E-state index in [9.17, 15) is 14.7 Å². The van der Waals surface area contributed by atoms with E-state index in [-0.39, 0.29) is 17.9 Å². The molecule has 1 saturated heterocycles. The number of likely N-dealkylation sites (tertiary alicyclic amines) is 1. The average molecular weight is 591 g/mol. The second kappa shape index (κ2) is 10.9. The third kappa shape index (κ3) is 4.85. The van der Waals surface area contributed by atoms with Crippen LogP contribution in [0.1, 0.15) is 22.7 Å². The van der Waals surface area contributed by atoms with E-state index in [1.807, 2.05) is 24.4 Å². The van der Waals surface area contributed by atoms with Gasteiger partial charge < -0.3 is 29.2 Å². The lowest BCUT2D eigenvalue weighted by atomic mass is 9.94. The van der Waals surface area contributed by atoms with E-state index in [4.69, 9.17) is 14.2 Å². The fourth-order valence-electron chi connectivity index (χ4n) is 4.98. The van der Waals surface area contributed by atoms with Crippen LogP contribution in [0, 0.1) is 0 Å². The Labute approximate surface area is 233 Å². The lowest BCUT2D eigenvalue weighted by molar-refractivity contribution is -0.139. The smallest absolute Gasteiger partial charge is 0.295 e. The molecule has 1 aliphatic heterocycles. The summed E-state index contributed by atoms with van der Waals surface area (Å²) < 4.78 is 17.3. The molecule has 0 saturated carbocycles. The van der Waals surface area contributed by atoms with Gasteiger partial charge in [0.2, 0.25) is 0 Å². The number of carbonyl (C=O) groups is 2. The molecule has 5 rings (SSSR count). The summed E-state index contributed by atoms with van der Waals surface area (Å²) in [5.74, 6) is 0.0105. The number of ether oxygens (including phenoxy) is 3. The summed E-state index contributed by atoms with van der Waals surface area (Å²) in [6.07, 6.45) is 2.35. The molecule has 9 heteroatoms. The maximum atomic E-state index is 13.5. The minimum atomic E-state index is -0.890. The number of methoxy groups -OCH3 is 3. The SMILES string of the molecule is COc1ccc(OC)c([C@H]2C(=C(O)c3ccc(Br)cc3)C(=O)C(=O)N2CCc2c[nH]c3ccc(OC)cc23)c1. The fourth-order valence-corrected chi connectivity index (χ4v) is 5.25. The fraction of sp³-hybridized carbons (Fsp3) is 0.200. The minimum absolute atomic E-state index is 0.00512. The van der Waals surface area contributed by atoms with Gasteiger partial charge in [0.15, 0.2) is 0 Å². The normalized spacial score (nSPS) is 16.6. The number of rotatable bonds is 8. The van der Waals surface area contributed by atoms with Gasteiger partial charge in [0.25, 0.3) is 11.7 Å². The number of H-pyrrole nitrogens is 1. The molecule has 1 atom stereocenters. The van der Waals surface area contributed by atoms with Crippen LogP contribution in [-0.4, -0.2) is 54.6 Å². The molecule has 2 N–H and O–H groups in total. The molecule has 2 heterocycles. The number of carbonyl (C=O) groups excluding carboxylic acids is 2. The molecule has 0 spiro atoms. The second-order valence-electron chi connectivity index (χ2n) is 9.08. The quantitative estimate of drug-likeness (QED) is 0.157. The molecule has 1 fully saturated rings. The largest absolute Gasteiger partial charge is 0.507 e. The average Bonchev–Trinajstić information content (AvgIpc) is 3.48. The number of aromatic nitrogens is 1. The number of benzene rings is 3. The summed E-state index contributed by atoms with van der Waals surface area (Å²) in [5, 5.41) is 12.3. The first kappa shape index (κ1) is 26.4. The second-order valence-corrected chi connectivity index (χ2v) is 10.00. The molecule has 39 heavy (non-hydrogen) atoms. The van der Waals surface area contributed by atoms with Gasteiger partial charge in [-0.15, -0.1) is 0 Å². The molecule has 8 nitrogen and oxygen atoms in total. The van der Waals surface area contributed by atoms with Gasteiger partial charge in [0.05, 0.1) is 32.9 Å². The summed E-state index contributed by atoms with van der Waals surface area (Å²) in [5.41, 5.74) is 2.86. The zero-order valence-electron chi connectivity index (χ0n) is 21.7. The molecule has 0 bridgehead atoms. The number of fused-ring (bicyclic) bond motifs is 1. The molecule has 1 amide bonds. The van der Waals surface area contributed by atoms with E-state index >= 15 is 0 Å². The van der Waals surface area contributed by atoms with Crippen LogP contribution in [0.5, 0.6) is 17.2 Å². The van der Waals surface area contributed by atoms with Gasteiger partial charge in [-0.3, -0.25) is 9.59 Å². The molecular formula is C30H27BrN2O6. The van der Waals surface area contributed by atoms with Crippen molar-refractivity contribution in [2.24, 2.45) is 0 Å². The predicted molar refractivity (Wildman–Crippen MR) is 151 cm³/mol. The number of Topliss-reactive ketones (excluding diaryl/α,β-unsaturated/α-hetero) is 1.